The van der Waals surface area contributed by atoms with Crippen molar-refractivity contribution < 1.29 is 8.42 Å². The Hall–Kier alpha value is -1.96. The Morgan fingerprint density at radius 1 is 1.33 bits per heavy atom. The van der Waals surface area contributed by atoms with Crippen LogP contribution < -0.4 is 5.73 Å². The topological polar surface area (TPSA) is 104 Å². The van der Waals surface area contributed by atoms with Gasteiger partial charge in [0.1, 0.15) is 0 Å². The highest BCUT2D eigenvalue weighted by Crippen LogP contribution is 2.25. The minimum atomic E-state index is -3.23. The number of aryl methyl sites for hydroxylation is 1. The van der Waals surface area contributed by atoms with Crippen molar-refractivity contribution >= 4 is 15.5 Å². The Balaban J connectivity index is 2.44. The molecule has 0 amide bonds. The van der Waals surface area contributed by atoms with Crippen molar-refractivity contribution in [1.82, 2.24) is 20.2 Å². The lowest BCUT2D eigenvalue weighted by atomic mass is 10.1. The lowest BCUT2D eigenvalue weighted by Crippen LogP contribution is -2.36. The van der Waals surface area contributed by atoms with E-state index in [1.165, 1.54) is 10.9 Å². The maximum absolute atomic E-state index is 11.8. The van der Waals surface area contributed by atoms with Gasteiger partial charge in [0.2, 0.25) is 0 Å². The molecule has 0 saturated carbocycles. The minimum Gasteiger partial charge on any atom is -0.399 e. The van der Waals surface area contributed by atoms with Gasteiger partial charge in [0.15, 0.2) is 15.7 Å². The first-order valence-electron chi connectivity index (χ1n) is 6.44. The molecule has 0 radical (unpaired) electrons. The molecule has 2 aromatic rings. The summed E-state index contributed by atoms with van der Waals surface area (Å²) in [5.74, 6) is 0.532. The number of rotatable bonds is 4. The summed E-state index contributed by atoms with van der Waals surface area (Å²) in [6.45, 7) is 5.40. The predicted molar refractivity (Wildman–Crippen MR) is 81.3 cm³/mol. The van der Waals surface area contributed by atoms with Gasteiger partial charge < -0.3 is 5.73 Å². The van der Waals surface area contributed by atoms with Gasteiger partial charge in [0.25, 0.3) is 0 Å². The zero-order valence-electron chi connectivity index (χ0n) is 12.5. The first-order chi connectivity index (χ1) is 9.62. The molecule has 0 atom stereocenters. The van der Waals surface area contributed by atoms with Gasteiger partial charge in [0.05, 0.1) is 11.3 Å². The normalized spacial score (nSPS) is 12.6. The zero-order chi connectivity index (χ0) is 15.8. The molecule has 21 heavy (non-hydrogen) atoms. The highest BCUT2D eigenvalue weighted by atomic mass is 32.2. The Labute approximate surface area is 124 Å². The molecule has 0 aliphatic rings. The summed E-state index contributed by atoms with van der Waals surface area (Å²) in [4.78, 5) is 0. The summed E-state index contributed by atoms with van der Waals surface area (Å²) in [7, 11) is -3.23. The summed E-state index contributed by atoms with van der Waals surface area (Å²) >= 11 is 0. The second-order valence-electron chi connectivity index (χ2n) is 5.77. The van der Waals surface area contributed by atoms with Gasteiger partial charge in [-0.2, -0.15) is 0 Å². The number of anilines is 1. The van der Waals surface area contributed by atoms with Crippen LogP contribution in [-0.2, 0) is 16.4 Å². The van der Waals surface area contributed by atoms with Gasteiger partial charge in [-0.3, -0.25) is 0 Å². The van der Waals surface area contributed by atoms with Gasteiger partial charge in [-0.1, -0.05) is 0 Å². The lowest BCUT2D eigenvalue weighted by molar-refractivity contribution is 0.471. The van der Waals surface area contributed by atoms with Crippen molar-refractivity contribution in [2.24, 2.45) is 0 Å². The molecular formula is C13H19N5O2S. The van der Waals surface area contributed by atoms with Crippen LogP contribution in [0.15, 0.2) is 18.2 Å². The Bertz CT molecular complexity index is 765. The van der Waals surface area contributed by atoms with Crippen molar-refractivity contribution in [2.45, 2.75) is 32.1 Å². The molecule has 0 aliphatic carbocycles. The molecule has 1 aromatic heterocycles. The monoisotopic (exact) mass is 309 g/mol. The number of nitrogens with zero attached hydrogens (tertiary/aromatic N) is 4. The number of tetrazole rings is 1. The molecular weight excluding hydrogens is 290 g/mol. The standard InChI is InChI=1S/C13H19N5O2S/c1-9-7-10(14)5-6-11(9)12-15-16-17-18(12)8-13(2,3)21(4,19)20/h5-7H,8,14H2,1-4H3. The molecule has 2 N–H and O–H groups in total. The molecule has 0 spiro atoms. The summed E-state index contributed by atoms with van der Waals surface area (Å²) < 4.78 is 24.2. The number of sulfone groups is 1. The van der Waals surface area contributed by atoms with Gasteiger partial charge in [-0.05, 0) is 55.0 Å². The average molecular weight is 309 g/mol. The number of benzene rings is 1. The maximum atomic E-state index is 11.8. The summed E-state index contributed by atoms with van der Waals surface area (Å²) in [5, 5.41) is 11.6. The molecule has 1 aromatic carbocycles. The molecule has 2 rings (SSSR count). The van der Waals surface area contributed by atoms with E-state index in [-0.39, 0.29) is 6.54 Å². The van der Waals surface area contributed by atoms with E-state index >= 15 is 0 Å². The van der Waals surface area contributed by atoms with E-state index in [1.54, 1.807) is 19.9 Å². The molecule has 0 bridgehead atoms. The van der Waals surface area contributed by atoms with Gasteiger partial charge in [0, 0.05) is 17.5 Å². The number of aromatic nitrogens is 4. The van der Waals surface area contributed by atoms with Crippen LogP contribution in [0.5, 0.6) is 0 Å². The fraction of sp³-hybridized carbons (Fsp3) is 0.462. The van der Waals surface area contributed by atoms with Crippen LogP contribution in [0.4, 0.5) is 5.69 Å². The van der Waals surface area contributed by atoms with Crippen molar-refractivity contribution in [3.63, 3.8) is 0 Å². The van der Waals surface area contributed by atoms with Gasteiger partial charge in [-0.15, -0.1) is 5.10 Å². The third kappa shape index (κ3) is 3.05. The van der Waals surface area contributed by atoms with E-state index in [0.29, 0.717) is 11.5 Å². The molecule has 114 valence electrons. The first kappa shape index (κ1) is 15.4. The number of nitrogen functional groups attached to an aromatic ring is 1. The van der Waals surface area contributed by atoms with Crippen molar-refractivity contribution in [1.29, 1.82) is 0 Å². The van der Waals surface area contributed by atoms with Crippen LogP contribution in [0, 0.1) is 6.92 Å². The average Bonchev–Trinajstić information content (AvgIpc) is 2.75. The van der Waals surface area contributed by atoms with Crippen LogP contribution in [0.1, 0.15) is 19.4 Å². The van der Waals surface area contributed by atoms with Gasteiger partial charge in [-0.25, -0.2) is 13.1 Å². The molecule has 7 nitrogen and oxygen atoms in total. The fourth-order valence-electron chi connectivity index (χ4n) is 1.92. The largest absolute Gasteiger partial charge is 0.399 e. The van der Waals surface area contributed by atoms with Crippen LogP contribution in [0.25, 0.3) is 11.4 Å². The van der Waals surface area contributed by atoms with Crippen molar-refractivity contribution in [2.75, 3.05) is 12.0 Å². The molecule has 0 fully saturated rings. The zero-order valence-corrected chi connectivity index (χ0v) is 13.3. The van der Waals surface area contributed by atoms with Crippen molar-refractivity contribution in [3.05, 3.63) is 23.8 Å². The molecule has 1 heterocycles. The number of nitrogens with two attached hydrogens (primary N) is 1. The molecule has 8 heteroatoms. The first-order valence-corrected chi connectivity index (χ1v) is 8.33. The van der Waals surface area contributed by atoms with E-state index in [9.17, 15) is 8.42 Å². The molecule has 0 unspecified atom stereocenters. The molecule has 0 saturated heterocycles. The molecule has 0 aliphatic heterocycles. The maximum Gasteiger partial charge on any atom is 0.182 e. The van der Waals surface area contributed by atoms with E-state index in [1.807, 2.05) is 19.1 Å². The van der Waals surface area contributed by atoms with E-state index in [2.05, 4.69) is 15.5 Å². The quantitative estimate of drug-likeness (QED) is 0.847. The number of hydrogen-bond acceptors (Lipinski definition) is 6. The van der Waals surface area contributed by atoms with Crippen LogP contribution in [0.2, 0.25) is 0 Å². The lowest BCUT2D eigenvalue weighted by Gasteiger charge is -2.22. The highest BCUT2D eigenvalue weighted by Gasteiger charge is 2.32. The second kappa shape index (κ2) is 5.10. The third-order valence-corrected chi connectivity index (χ3v) is 5.69. The summed E-state index contributed by atoms with van der Waals surface area (Å²) in [5.41, 5.74) is 8.16. The van der Waals surface area contributed by atoms with Crippen LogP contribution in [0.3, 0.4) is 0 Å². The number of hydrogen-bond donors (Lipinski definition) is 1. The second-order valence-corrected chi connectivity index (χ2v) is 8.42. The Morgan fingerprint density at radius 2 is 2.00 bits per heavy atom. The van der Waals surface area contributed by atoms with E-state index in [0.717, 1.165) is 11.1 Å². The third-order valence-electron chi connectivity index (χ3n) is 3.56. The fourth-order valence-corrected chi connectivity index (χ4v) is 2.28. The Kier molecular flexibility index (Phi) is 3.75. The van der Waals surface area contributed by atoms with Crippen LogP contribution in [-0.4, -0.2) is 39.6 Å². The smallest absolute Gasteiger partial charge is 0.182 e. The SMILES string of the molecule is Cc1cc(N)ccc1-c1nnnn1CC(C)(C)S(C)(=O)=O. The van der Waals surface area contributed by atoms with Crippen LogP contribution >= 0.6 is 0 Å². The van der Waals surface area contributed by atoms with E-state index in [4.69, 9.17) is 5.73 Å². The van der Waals surface area contributed by atoms with E-state index < -0.39 is 14.6 Å². The van der Waals surface area contributed by atoms with Gasteiger partial charge >= 0.3 is 0 Å². The minimum absolute atomic E-state index is 0.179. The highest BCUT2D eigenvalue weighted by molar-refractivity contribution is 7.92. The summed E-state index contributed by atoms with van der Waals surface area (Å²) in [6, 6.07) is 5.43. The van der Waals surface area contributed by atoms with Crippen molar-refractivity contribution in [3.8, 4) is 11.4 Å². The summed E-state index contributed by atoms with van der Waals surface area (Å²) in [6.07, 6.45) is 1.21. The Morgan fingerprint density at radius 3 is 2.57 bits per heavy atom. The predicted octanol–water partition coefficient (Wildman–Crippen LogP) is 1.05.